The zero-order chi connectivity index (χ0) is 20.5. The van der Waals surface area contributed by atoms with Crippen LogP contribution in [0.25, 0.3) is 0 Å². The molecule has 2 rings (SSSR count). The third-order valence-corrected chi connectivity index (χ3v) is 5.28. The van der Waals surface area contributed by atoms with Crippen molar-refractivity contribution in [3.8, 4) is 0 Å². The Labute approximate surface area is 165 Å². The molecule has 0 aromatic rings. The fourth-order valence-electron chi connectivity index (χ4n) is 3.82. The zero-order valence-corrected chi connectivity index (χ0v) is 16.4. The molecule has 2 fully saturated rings. The molecule has 2 aliphatic heterocycles. The average Bonchev–Trinajstić information content (AvgIpc) is 3.19. The van der Waals surface area contributed by atoms with E-state index in [2.05, 4.69) is 10.3 Å². The smallest absolute Gasteiger partial charge is 0.245 e. The molecule has 2 heterocycles. The van der Waals surface area contributed by atoms with Gasteiger partial charge in [0.05, 0.1) is 6.54 Å². The van der Waals surface area contributed by atoms with Gasteiger partial charge in [0.2, 0.25) is 17.7 Å². The summed E-state index contributed by atoms with van der Waals surface area (Å²) in [6.07, 6.45) is 5.40. The molecule has 3 amide bonds. The van der Waals surface area contributed by atoms with Crippen LogP contribution in [-0.2, 0) is 14.4 Å². The van der Waals surface area contributed by atoms with Crippen molar-refractivity contribution in [2.75, 3.05) is 32.7 Å². The minimum absolute atomic E-state index is 0.00448. The van der Waals surface area contributed by atoms with E-state index >= 15 is 0 Å². The molecule has 10 heteroatoms. The summed E-state index contributed by atoms with van der Waals surface area (Å²) in [5, 5.41) is 2.88. The molecule has 28 heavy (non-hydrogen) atoms. The molecule has 0 saturated carbocycles. The first-order valence-electron chi connectivity index (χ1n) is 10.1. The molecule has 0 radical (unpaired) electrons. The lowest BCUT2D eigenvalue weighted by Gasteiger charge is -2.32. The van der Waals surface area contributed by atoms with E-state index in [-0.39, 0.29) is 30.2 Å². The number of likely N-dealkylation sites (tertiary alicyclic amines) is 2. The number of nitrogens with two attached hydrogens (primary N) is 3. The summed E-state index contributed by atoms with van der Waals surface area (Å²) in [4.78, 5) is 45.0. The Morgan fingerprint density at radius 1 is 1.07 bits per heavy atom. The summed E-state index contributed by atoms with van der Waals surface area (Å²) in [5.74, 6) is -0.613. The molecule has 0 aromatic heterocycles. The highest BCUT2D eigenvalue weighted by Crippen LogP contribution is 2.18. The van der Waals surface area contributed by atoms with E-state index in [4.69, 9.17) is 17.2 Å². The fourth-order valence-corrected chi connectivity index (χ4v) is 3.82. The van der Waals surface area contributed by atoms with E-state index in [0.29, 0.717) is 45.4 Å². The quantitative estimate of drug-likeness (QED) is 0.222. The van der Waals surface area contributed by atoms with Crippen LogP contribution in [0.1, 0.15) is 44.9 Å². The first-order chi connectivity index (χ1) is 13.4. The number of amides is 3. The molecule has 2 atom stereocenters. The van der Waals surface area contributed by atoms with E-state index in [0.717, 1.165) is 25.7 Å². The number of hydrogen-bond donors (Lipinski definition) is 4. The Morgan fingerprint density at radius 2 is 1.79 bits per heavy atom. The number of piperidine rings is 1. The summed E-state index contributed by atoms with van der Waals surface area (Å²) < 4.78 is 0. The largest absolute Gasteiger partial charge is 0.370 e. The van der Waals surface area contributed by atoms with Crippen molar-refractivity contribution in [2.24, 2.45) is 22.2 Å². The molecule has 0 unspecified atom stereocenters. The third kappa shape index (κ3) is 6.08. The molecule has 0 bridgehead atoms. The lowest BCUT2D eigenvalue weighted by molar-refractivity contribution is -0.141. The van der Waals surface area contributed by atoms with Crippen LogP contribution in [-0.4, -0.2) is 78.3 Å². The number of nitrogens with zero attached hydrogens (tertiary/aromatic N) is 3. The lowest BCUT2D eigenvalue weighted by atomic mass is 10.1. The first kappa shape index (κ1) is 21.9. The number of carbonyl (C=O) groups excluding carboxylic acids is 3. The summed E-state index contributed by atoms with van der Waals surface area (Å²) >= 11 is 0. The maximum absolute atomic E-state index is 13.0. The van der Waals surface area contributed by atoms with Gasteiger partial charge in [0.25, 0.3) is 0 Å². The number of hydrogen-bond acceptors (Lipinski definition) is 5. The van der Waals surface area contributed by atoms with Gasteiger partial charge in [0.15, 0.2) is 5.96 Å². The highest BCUT2D eigenvalue weighted by Gasteiger charge is 2.36. The zero-order valence-electron chi connectivity index (χ0n) is 16.4. The van der Waals surface area contributed by atoms with Gasteiger partial charge in [0, 0.05) is 26.2 Å². The molecule has 0 aliphatic carbocycles. The summed E-state index contributed by atoms with van der Waals surface area (Å²) in [5.41, 5.74) is 16.1. The Morgan fingerprint density at radius 3 is 2.43 bits per heavy atom. The van der Waals surface area contributed by atoms with Crippen LogP contribution in [0.15, 0.2) is 4.99 Å². The minimum atomic E-state index is -0.643. The van der Waals surface area contributed by atoms with Crippen LogP contribution in [0, 0.1) is 0 Å². The topological polar surface area (TPSA) is 160 Å². The Balaban J connectivity index is 2.02. The van der Waals surface area contributed by atoms with E-state index in [1.807, 2.05) is 4.90 Å². The summed E-state index contributed by atoms with van der Waals surface area (Å²) in [7, 11) is 0. The Bertz CT molecular complexity index is 586. The van der Waals surface area contributed by atoms with E-state index in [1.54, 1.807) is 0 Å². The van der Waals surface area contributed by atoms with Crippen LogP contribution in [0.2, 0.25) is 0 Å². The molecule has 7 N–H and O–H groups in total. The fraction of sp³-hybridized carbons (Fsp3) is 0.778. The third-order valence-electron chi connectivity index (χ3n) is 5.28. The number of carbonyl (C=O) groups is 3. The van der Waals surface area contributed by atoms with Crippen molar-refractivity contribution in [2.45, 2.75) is 57.0 Å². The van der Waals surface area contributed by atoms with Gasteiger partial charge < -0.3 is 32.3 Å². The molecule has 10 nitrogen and oxygen atoms in total. The van der Waals surface area contributed by atoms with Crippen LogP contribution in [0.3, 0.4) is 0 Å². The monoisotopic (exact) mass is 395 g/mol. The van der Waals surface area contributed by atoms with Gasteiger partial charge >= 0.3 is 0 Å². The van der Waals surface area contributed by atoms with Gasteiger partial charge in [-0.1, -0.05) is 0 Å². The van der Waals surface area contributed by atoms with E-state index in [1.165, 1.54) is 4.90 Å². The predicted molar refractivity (Wildman–Crippen MR) is 106 cm³/mol. The molecule has 0 spiro atoms. The molecular formula is C18H33N7O3. The highest BCUT2D eigenvalue weighted by molar-refractivity contribution is 5.92. The lowest BCUT2D eigenvalue weighted by Crippen LogP contribution is -2.55. The maximum Gasteiger partial charge on any atom is 0.245 e. The molecule has 0 aromatic carbocycles. The Hall–Kier alpha value is -2.36. The first-order valence-corrected chi connectivity index (χ1v) is 10.1. The molecule has 2 saturated heterocycles. The van der Waals surface area contributed by atoms with Crippen molar-refractivity contribution in [3.63, 3.8) is 0 Å². The molecule has 2 aliphatic rings. The average molecular weight is 396 g/mol. The summed E-state index contributed by atoms with van der Waals surface area (Å²) in [6, 6.07) is -1.21. The van der Waals surface area contributed by atoms with Crippen LogP contribution >= 0.6 is 0 Å². The van der Waals surface area contributed by atoms with E-state index < -0.39 is 12.1 Å². The van der Waals surface area contributed by atoms with Gasteiger partial charge in [0.1, 0.15) is 12.1 Å². The van der Waals surface area contributed by atoms with Crippen molar-refractivity contribution >= 4 is 23.7 Å². The van der Waals surface area contributed by atoms with Crippen LogP contribution in [0.5, 0.6) is 0 Å². The second-order valence-electron chi connectivity index (χ2n) is 7.35. The number of rotatable bonds is 8. The normalized spacial score (nSPS) is 20.5. The Kier molecular flexibility index (Phi) is 8.49. The van der Waals surface area contributed by atoms with Gasteiger partial charge in [-0.15, -0.1) is 0 Å². The summed E-state index contributed by atoms with van der Waals surface area (Å²) in [6.45, 7) is 2.20. The number of guanidine groups is 1. The second-order valence-corrected chi connectivity index (χ2v) is 7.35. The number of nitrogens with one attached hydrogen (secondary N) is 1. The second kappa shape index (κ2) is 10.8. The SMILES string of the molecule is NCC(=O)N1CCC[C@H]1C(=O)N[C@@H](CCCN=C(N)N)C(=O)N1CCCCC1. The van der Waals surface area contributed by atoms with E-state index in [9.17, 15) is 14.4 Å². The van der Waals surface area contributed by atoms with Gasteiger partial charge in [-0.05, 0) is 44.9 Å². The molecule has 158 valence electrons. The predicted octanol–water partition coefficient (Wildman–Crippen LogP) is -1.51. The molecular weight excluding hydrogens is 362 g/mol. The van der Waals surface area contributed by atoms with Crippen molar-refractivity contribution < 1.29 is 14.4 Å². The van der Waals surface area contributed by atoms with Gasteiger partial charge in [-0.3, -0.25) is 19.4 Å². The number of aliphatic imine (C=N–C) groups is 1. The maximum atomic E-state index is 13.0. The van der Waals surface area contributed by atoms with Crippen LogP contribution < -0.4 is 22.5 Å². The van der Waals surface area contributed by atoms with Gasteiger partial charge in [-0.25, -0.2) is 0 Å². The van der Waals surface area contributed by atoms with Crippen molar-refractivity contribution in [1.82, 2.24) is 15.1 Å². The van der Waals surface area contributed by atoms with Crippen molar-refractivity contribution in [1.29, 1.82) is 0 Å². The minimum Gasteiger partial charge on any atom is -0.370 e. The standard InChI is InChI=1S/C18H33N7O3/c19-12-15(26)25-11-5-7-14(25)16(27)23-13(6-4-8-22-18(20)21)17(28)24-9-2-1-3-10-24/h13-14H,1-12,19H2,(H,23,27)(H4,20,21,22)/t13-,14-/m0/s1. The van der Waals surface area contributed by atoms with Gasteiger partial charge in [-0.2, -0.15) is 0 Å². The van der Waals surface area contributed by atoms with Crippen LogP contribution in [0.4, 0.5) is 0 Å². The van der Waals surface area contributed by atoms with Crippen molar-refractivity contribution in [3.05, 3.63) is 0 Å². The highest BCUT2D eigenvalue weighted by atomic mass is 16.2.